The molecule has 2 aromatic carbocycles. The minimum atomic E-state index is 0.0447. The lowest BCUT2D eigenvalue weighted by atomic mass is 9.79. The summed E-state index contributed by atoms with van der Waals surface area (Å²) in [6.45, 7) is 8.76. The highest BCUT2D eigenvalue weighted by Gasteiger charge is 2.24. The molecule has 0 fully saturated rings. The van der Waals surface area contributed by atoms with Crippen LogP contribution in [0, 0.1) is 13.8 Å². The van der Waals surface area contributed by atoms with Gasteiger partial charge in [-0.2, -0.15) is 0 Å². The second kappa shape index (κ2) is 3.69. The molecule has 1 unspecified atom stereocenters. The molecule has 0 spiro atoms. The average molecular weight is 237 g/mol. The first-order chi connectivity index (χ1) is 8.52. The van der Waals surface area contributed by atoms with E-state index in [1.807, 2.05) is 0 Å². The van der Waals surface area contributed by atoms with E-state index >= 15 is 0 Å². The zero-order valence-corrected chi connectivity index (χ0v) is 11.5. The molecule has 2 aromatic rings. The van der Waals surface area contributed by atoms with E-state index in [2.05, 4.69) is 52.0 Å². The van der Waals surface area contributed by atoms with Crippen molar-refractivity contribution < 1.29 is 0 Å². The van der Waals surface area contributed by atoms with Gasteiger partial charge in [0, 0.05) is 0 Å². The first kappa shape index (κ1) is 11.5. The third-order valence-corrected chi connectivity index (χ3v) is 4.49. The van der Waals surface area contributed by atoms with Crippen LogP contribution in [-0.4, -0.2) is 0 Å². The van der Waals surface area contributed by atoms with E-state index in [0.29, 0.717) is 0 Å². The number of hydrogen-bond donors (Lipinski definition) is 1. The predicted octanol–water partition coefficient (Wildman–Crippen LogP) is 4.26. The van der Waals surface area contributed by atoms with Crippen molar-refractivity contribution in [3.05, 3.63) is 52.1 Å². The molecule has 18 heavy (non-hydrogen) atoms. The summed E-state index contributed by atoms with van der Waals surface area (Å²) in [5.74, 6) is 0. The molecule has 0 heterocycles. The van der Waals surface area contributed by atoms with Gasteiger partial charge in [0.25, 0.3) is 0 Å². The molecule has 0 aliphatic heterocycles. The highest BCUT2D eigenvalue weighted by atomic mass is 14.6. The summed E-state index contributed by atoms with van der Waals surface area (Å²) < 4.78 is 0. The van der Waals surface area contributed by atoms with Gasteiger partial charge in [0.15, 0.2) is 0 Å². The standard InChI is InChI=1S/C17H19N/c1-9-8-13-6-5-7-14-16(13)15(10(9)2)11(3)12(4)17(14)18/h5-8,17H,18H2,1-4H3. The van der Waals surface area contributed by atoms with E-state index in [9.17, 15) is 0 Å². The van der Waals surface area contributed by atoms with Crippen molar-refractivity contribution in [2.45, 2.75) is 33.7 Å². The van der Waals surface area contributed by atoms with Crippen LogP contribution in [0.15, 0.2) is 29.8 Å². The molecule has 1 heteroatoms. The van der Waals surface area contributed by atoms with Crippen molar-refractivity contribution >= 4 is 16.3 Å². The van der Waals surface area contributed by atoms with E-state index in [1.165, 1.54) is 44.2 Å². The molecule has 1 aliphatic rings. The van der Waals surface area contributed by atoms with Gasteiger partial charge >= 0.3 is 0 Å². The molecule has 0 amide bonds. The van der Waals surface area contributed by atoms with Crippen LogP contribution in [0.2, 0.25) is 0 Å². The second-order valence-corrected chi connectivity index (χ2v) is 5.42. The molecule has 0 aromatic heterocycles. The Kier molecular flexibility index (Phi) is 2.36. The minimum absolute atomic E-state index is 0.0447. The molecule has 1 atom stereocenters. The zero-order valence-electron chi connectivity index (χ0n) is 11.5. The van der Waals surface area contributed by atoms with Crippen LogP contribution in [0.3, 0.4) is 0 Å². The Morgan fingerprint density at radius 1 is 1.06 bits per heavy atom. The SMILES string of the molecule is CC1=C(C)C(N)c2cccc3cc(C)c(C)c1c23. The number of rotatable bonds is 0. The summed E-state index contributed by atoms with van der Waals surface area (Å²) >= 11 is 0. The molecule has 0 radical (unpaired) electrons. The number of benzene rings is 2. The van der Waals surface area contributed by atoms with Gasteiger partial charge in [0.1, 0.15) is 0 Å². The Morgan fingerprint density at radius 2 is 1.78 bits per heavy atom. The quantitative estimate of drug-likeness (QED) is 0.727. The molecule has 1 nitrogen and oxygen atoms in total. The smallest absolute Gasteiger partial charge is 0.0520 e. The molecule has 0 saturated heterocycles. The maximum Gasteiger partial charge on any atom is 0.0520 e. The normalized spacial score (nSPS) is 18.6. The first-order valence-electron chi connectivity index (χ1n) is 6.48. The van der Waals surface area contributed by atoms with Gasteiger partial charge in [-0.05, 0) is 71.9 Å². The highest BCUT2D eigenvalue weighted by Crippen LogP contribution is 2.42. The lowest BCUT2D eigenvalue weighted by molar-refractivity contribution is 0.849. The summed E-state index contributed by atoms with van der Waals surface area (Å²) in [6, 6.07) is 8.79. The maximum atomic E-state index is 6.37. The first-order valence-corrected chi connectivity index (χ1v) is 6.48. The maximum absolute atomic E-state index is 6.37. The Labute approximate surface area is 108 Å². The fourth-order valence-electron chi connectivity index (χ4n) is 3.12. The molecule has 92 valence electrons. The van der Waals surface area contributed by atoms with E-state index in [4.69, 9.17) is 5.73 Å². The molecule has 1 aliphatic carbocycles. The number of nitrogens with two attached hydrogens (primary N) is 1. The van der Waals surface area contributed by atoms with E-state index in [0.717, 1.165) is 0 Å². The molecular formula is C17H19N. The Morgan fingerprint density at radius 3 is 2.50 bits per heavy atom. The van der Waals surface area contributed by atoms with Gasteiger partial charge in [-0.25, -0.2) is 0 Å². The van der Waals surface area contributed by atoms with Crippen LogP contribution >= 0.6 is 0 Å². The fraction of sp³-hybridized carbons (Fsp3) is 0.294. The van der Waals surface area contributed by atoms with Crippen molar-refractivity contribution in [3.63, 3.8) is 0 Å². The minimum Gasteiger partial charge on any atom is -0.321 e. The van der Waals surface area contributed by atoms with Gasteiger partial charge in [-0.3, -0.25) is 0 Å². The fourth-order valence-corrected chi connectivity index (χ4v) is 3.12. The number of aryl methyl sites for hydroxylation is 1. The van der Waals surface area contributed by atoms with Gasteiger partial charge in [0.2, 0.25) is 0 Å². The van der Waals surface area contributed by atoms with Gasteiger partial charge in [-0.1, -0.05) is 24.3 Å². The Hall–Kier alpha value is -1.60. The van der Waals surface area contributed by atoms with Gasteiger partial charge in [-0.15, -0.1) is 0 Å². The summed E-state index contributed by atoms with van der Waals surface area (Å²) in [5.41, 5.74) is 14.4. The summed E-state index contributed by atoms with van der Waals surface area (Å²) in [7, 11) is 0. The molecular weight excluding hydrogens is 218 g/mol. The summed E-state index contributed by atoms with van der Waals surface area (Å²) in [6.07, 6.45) is 0. The van der Waals surface area contributed by atoms with Crippen molar-refractivity contribution in [1.82, 2.24) is 0 Å². The molecule has 2 N–H and O–H groups in total. The molecule has 0 saturated carbocycles. The van der Waals surface area contributed by atoms with Gasteiger partial charge in [0.05, 0.1) is 6.04 Å². The summed E-state index contributed by atoms with van der Waals surface area (Å²) in [5, 5.41) is 2.67. The van der Waals surface area contributed by atoms with Crippen LogP contribution in [-0.2, 0) is 0 Å². The second-order valence-electron chi connectivity index (χ2n) is 5.42. The van der Waals surface area contributed by atoms with Crippen LogP contribution < -0.4 is 5.73 Å². The van der Waals surface area contributed by atoms with E-state index in [-0.39, 0.29) is 6.04 Å². The third kappa shape index (κ3) is 1.31. The Bertz CT molecular complexity index is 692. The lowest BCUT2D eigenvalue weighted by Crippen LogP contribution is -2.17. The largest absolute Gasteiger partial charge is 0.321 e. The van der Waals surface area contributed by atoms with Crippen LogP contribution in [0.4, 0.5) is 0 Å². The monoisotopic (exact) mass is 237 g/mol. The van der Waals surface area contributed by atoms with Crippen molar-refractivity contribution in [2.24, 2.45) is 5.73 Å². The van der Waals surface area contributed by atoms with E-state index in [1.54, 1.807) is 0 Å². The van der Waals surface area contributed by atoms with E-state index < -0.39 is 0 Å². The average Bonchev–Trinajstić information content (AvgIpc) is 2.36. The van der Waals surface area contributed by atoms with Crippen LogP contribution in [0.1, 0.15) is 42.1 Å². The van der Waals surface area contributed by atoms with Crippen LogP contribution in [0.25, 0.3) is 16.3 Å². The third-order valence-electron chi connectivity index (χ3n) is 4.49. The topological polar surface area (TPSA) is 26.0 Å². The summed E-state index contributed by atoms with van der Waals surface area (Å²) in [4.78, 5) is 0. The van der Waals surface area contributed by atoms with Crippen molar-refractivity contribution in [3.8, 4) is 0 Å². The lowest BCUT2D eigenvalue weighted by Gasteiger charge is -2.28. The number of allylic oxidation sites excluding steroid dienone is 1. The van der Waals surface area contributed by atoms with Crippen molar-refractivity contribution in [2.75, 3.05) is 0 Å². The molecule has 3 rings (SSSR count). The Balaban J connectivity index is 2.58. The number of hydrogen-bond acceptors (Lipinski definition) is 1. The van der Waals surface area contributed by atoms with Gasteiger partial charge < -0.3 is 5.73 Å². The predicted molar refractivity (Wildman–Crippen MR) is 78.6 cm³/mol. The van der Waals surface area contributed by atoms with Crippen molar-refractivity contribution in [1.29, 1.82) is 0 Å². The molecule has 0 bridgehead atoms. The zero-order chi connectivity index (χ0) is 13.0. The highest BCUT2D eigenvalue weighted by molar-refractivity contribution is 6.01. The van der Waals surface area contributed by atoms with Crippen LogP contribution in [0.5, 0.6) is 0 Å².